The zero-order chi connectivity index (χ0) is 11.1. The van der Waals surface area contributed by atoms with Crippen LogP contribution in [0.2, 0.25) is 0 Å². The first-order chi connectivity index (χ1) is 7.74. The molecule has 3 N–H and O–H groups in total. The number of amides is 1. The molecule has 0 aromatic heterocycles. The van der Waals surface area contributed by atoms with Gasteiger partial charge in [0.15, 0.2) is 11.5 Å². The third-order valence-electron chi connectivity index (χ3n) is 2.79. The molecule has 0 fully saturated rings. The molecule has 1 atom stereocenters. The van der Waals surface area contributed by atoms with Gasteiger partial charge in [-0.1, -0.05) is 0 Å². The van der Waals surface area contributed by atoms with Gasteiger partial charge in [0.05, 0.1) is 0 Å². The molecule has 1 amide bonds. The molecule has 3 rings (SSSR count). The van der Waals surface area contributed by atoms with Gasteiger partial charge < -0.3 is 20.5 Å². The number of anilines is 1. The van der Waals surface area contributed by atoms with Crippen LogP contribution in [0.15, 0.2) is 12.1 Å². The first-order valence-corrected chi connectivity index (χ1v) is 5.23. The van der Waals surface area contributed by atoms with Gasteiger partial charge in [0, 0.05) is 24.2 Å². The lowest BCUT2D eigenvalue weighted by Gasteiger charge is -2.26. The van der Waals surface area contributed by atoms with E-state index in [1.165, 1.54) is 0 Å². The summed E-state index contributed by atoms with van der Waals surface area (Å²) in [5, 5.41) is 2.79. The van der Waals surface area contributed by atoms with Crippen molar-refractivity contribution in [2.45, 2.75) is 12.5 Å². The highest BCUT2D eigenvalue weighted by atomic mass is 16.6. The zero-order valence-corrected chi connectivity index (χ0v) is 8.66. The molecule has 84 valence electrons. The average Bonchev–Trinajstić information content (AvgIpc) is 2.27. The number of carbonyl (C=O) groups excluding carboxylic acids is 1. The molecule has 2 aliphatic rings. The number of fused-ring (bicyclic) bond motifs is 2. The number of hydrogen-bond donors (Lipinski definition) is 2. The molecule has 0 radical (unpaired) electrons. The standard InChI is InChI=1S/C11H12N2O3/c12-7-4-11(14)13-8-5-10-9(3-6(7)8)15-1-2-16-10/h3,5,7H,1-2,4,12H2,(H,13,14). The molecule has 5 heteroatoms. The van der Waals surface area contributed by atoms with Crippen LogP contribution in [0.3, 0.4) is 0 Å². The quantitative estimate of drug-likeness (QED) is 0.678. The van der Waals surface area contributed by atoms with Crippen LogP contribution in [0.5, 0.6) is 11.5 Å². The minimum absolute atomic E-state index is 0.0586. The van der Waals surface area contributed by atoms with Gasteiger partial charge in [-0.3, -0.25) is 4.79 Å². The van der Waals surface area contributed by atoms with Crippen molar-refractivity contribution >= 4 is 11.6 Å². The van der Waals surface area contributed by atoms with Crippen LogP contribution in [0.1, 0.15) is 18.0 Å². The van der Waals surface area contributed by atoms with Gasteiger partial charge >= 0.3 is 0 Å². The van der Waals surface area contributed by atoms with E-state index in [0.717, 1.165) is 11.3 Å². The van der Waals surface area contributed by atoms with Crippen molar-refractivity contribution in [2.75, 3.05) is 18.5 Å². The third-order valence-corrected chi connectivity index (χ3v) is 2.79. The fourth-order valence-electron chi connectivity index (χ4n) is 2.03. The van der Waals surface area contributed by atoms with Crippen LogP contribution >= 0.6 is 0 Å². The summed E-state index contributed by atoms with van der Waals surface area (Å²) < 4.78 is 10.9. The smallest absolute Gasteiger partial charge is 0.226 e. The molecule has 1 aromatic carbocycles. The van der Waals surface area contributed by atoms with Gasteiger partial charge in [-0.05, 0) is 11.6 Å². The average molecular weight is 220 g/mol. The molecular formula is C11H12N2O3. The van der Waals surface area contributed by atoms with Crippen LogP contribution in [0.25, 0.3) is 0 Å². The Morgan fingerprint density at radius 1 is 1.25 bits per heavy atom. The number of hydrogen-bond acceptors (Lipinski definition) is 4. The van der Waals surface area contributed by atoms with E-state index >= 15 is 0 Å². The Labute approximate surface area is 92.5 Å². The van der Waals surface area contributed by atoms with Crippen molar-refractivity contribution in [3.8, 4) is 11.5 Å². The normalized spacial score (nSPS) is 22.3. The van der Waals surface area contributed by atoms with E-state index in [1.54, 1.807) is 6.07 Å². The Kier molecular flexibility index (Phi) is 2.00. The lowest BCUT2D eigenvalue weighted by Crippen LogP contribution is -2.28. The van der Waals surface area contributed by atoms with E-state index in [0.29, 0.717) is 31.1 Å². The maximum absolute atomic E-state index is 11.3. The Morgan fingerprint density at radius 2 is 1.94 bits per heavy atom. The summed E-state index contributed by atoms with van der Waals surface area (Å²) >= 11 is 0. The molecule has 0 spiro atoms. The monoisotopic (exact) mass is 220 g/mol. The van der Waals surface area contributed by atoms with Crippen molar-refractivity contribution < 1.29 is 14.3 Å². The Morgan fingerprint density at radius 3 is 2.69 bits per heavy atom. The molecule has 5 nitrogen and oxygen atoms in total. The van der Waals surface area contributed by atoms with E-state index in [2.05, 4.69) is 5.32 Å². The minimum atomic E-state index is -0.264. The zero-order valence-electron chi connectivity index (χ0n) is 8.66. The molecule has 0 saturated carbocycles. The first kappa shape index (κ1) is 9.47. The summed E-state index contributed by atoms with van der Waals surface area (Å²) in [5.74, 6) is 1.31. The summed E-state index contributed by atoms with van der Waals surface area (Å²) in [4.78, 5) is 11.3. The number of rotatable bonds is 0. The van der Waals surface area contributed by atoms with Crippen molar-refractivity contribution in [3.05, 3.63) is 17.7 Å². The molecule has 1 aromatic rings. The Hall–Kier alpha value is -1.75. The number of benzene rings is 1. The predicted octanol–water partition coefficient (Wildman–Crippen LogP) is 0.800. The maximum atomic E-state index is 11.3. The van der Waals surface area contributed by atoms with Crippen LogP contribution < -0.4 is 20.5 Å². The third kappa shape index (κ3) is 1.40. The van der Waals surface area contributed by atoms with E-state index in [4.69, 9.17) is 15.2 Å². The number of carbonyl (C=O) groups is 1. The maximum Gasteiger partial charge on any atom is 0.226 e. The second-order valence-corrected chi connectivity index (χ2v) is 3.94. The Balaban J connectivity index is 2.09. The first-order valence-electron chi connectivity index (χ1n) is 5.23. The summed E-state index contributed by atoms with van der Waals surface area (Å²) in [6, 6.07) is 3.37. The molecule has 2 heterocycles. The summed E-state index contributed by atoms with van der Waals surface area (Å²) in [6.07, 6.45) is 0.312. The fraction of sp³-hybridized carbons (Fsp3) is 0.364. The fourth-order valence-corrected chi connectivity index (χ4v) is 2.03. The van der Waals surface area contributed by atoms with Gasteiger partial charge in [0.2, 0.25) is 5.91 Å². The molecule has 0 saturated heterocycles. The Bertz CT molecular complexity index is 459. The van der Waals surface area contributed by atoms with Gasteiger partial charge in [0.1, 0.15) is 13.2 Å². The van der Waals surface area contributed by atoms with Gasteiger partial charge in [-0.15, -0.1) is 0 Å². The summed E-state index contributed by atoms with van der Waals surface area (Å²) in [5.41, 5.74) is 7.55. The molecule has 0 bridgehead atoms. The predicted molar refractivity (Wildman–Crippen MR) is 57.6 cm³/mol. The van der Waals surface area contributed by atoms with Crippen molar-refractivity contribution in [1.82, 2.24) is 0 Å². The molecule has 16 heavy (non-hydrogen) atoms. The molecule has 2 aliphatic heterocycles. The summed E-state index contributed by atoms with van der Waals surface area (Å²) in [7, 11) is 0. The van der Waals surface area contributed by atoms with Crippen LogP contribution in [-0.4, -0.2) is 19.1 Å². The van der Waals surface area contributed by atoms with Crippen molar-refractivity contribution in [1.29, 1.82) is 0 Å². The van der Waals surface area contributed by atoms with E-state index < -0.39 is 0 Å². The van der Waals surface area contributed by atoms with Crippen LogP contribution in [0, 0.1) is 0 Å². The largest absolute Gasteiger partial charge is 0.486 e. The van der Waals surface area contributed by atoms with Crippen LogP contribution in [0.4, 0.5) is 5.69 Å². The second kappa shape index (κ2) is 3.38. The highest BCUT2D eigenvalue weighted by molar-refractivity contribution is 5.95. The van der Waals surface area contributed by atoms with Crippen molar-refractivity contribution in [3.63, 3.8) is 0 Å². The number of ether oxygens (including phenoxy) is 2. The van der Waals surface area contributed by atoms with E-state index in [-0.39, 0.29) is 11.9 Å². The van der Waals surface area contributed by atoms with E-state index in [1.807, 2.05) is 6.07 Å². The topological polar surface area (TPSA) is 73.6 Å². The second-order valence-electron chi connectivity index (χ2n) is 3.94. The van der Waals surface area contributed by atoms with Crippen LogP contribution in [-0.2, 0) is 4.79 Å². The molecule has 0 aliphatic carbocycles. The van der Waals surface area contributed by atoms with Gasteiger partial charge in [-0.25, -0.2) is 0 Å². The highest BCUT2D eigenvalue weighted by Gasteiger charge is 2.25. The highest BCUT2D eigenvalue weighted by Crippen LogP contribution is 2.39. The number of nitrogens with one attached hydrogen (secondary N) is 1. The van der Waals surface area contributed by atoms with E-state index in [9.17, 15) is 4.79 Å². The SMILES string of the molecule is NC1CC(=O)Nc2cc3c(cc21)OCCO3. The number of nitrogens with two attached hydrogens (primary N) is 1. The lowest BCUT2D eigenvalue weighted by molar-refractivity contribution is -0.116. The van der Waals surface area contributed by atoms with Crippen molar-refractivity contribution in [2.24, 2.45) is 5.73 Å². The minimum Gasteiger partial charge on any atom is -0.486 e. The summed E-state index contributed by atoms with van der Waals surface area (Å²) in [6.45, 7) is 1.08. The molecule has 1 unspecified atom stereocenters. The van der Waals surface area contributed by atoms with Gasteiger partial charge in [-0.2, -0.15) is 0 Å². The lowest BCUT2D eigenvalue weighted by atomic mass is 9.97. The van der Waals surface area contributed by atoms with Gasteiger partial charge in [0.25, 0.3) is 0 Å². The molecular weight excluding hydrogens is 208 g/mol.